The molecule has 0 aliphatic carbocycles. The van der Waals surface area contributed by atoms with Crippen molar-refractivity contribution in [2.75, 3.05) is 26.2 Å². The van der Waals surface area contributed by atoms with Gasteiger partial charge in [0.15, 0.2) is 0 Å². The highest BCUT2D eigenvalue weighted by atomic mass is 15.2. The first-order valence-electron chi connectivity index (χ1n) is 7.23. The van der Waals surface area contributed by atoms with Gasteiger partial charge in [-0.05, 0) is 44.7 Å². The summed E-state index contributed by atoms with van der Waals surface area (Å²) in [6.45, 7) is 20.7. The average molecular weight is 242 g/mol. The molecule has 0 spiro atoms. The van der Waals surface area contributed by atoms with Gasteiger partial charge in [0, 0.05) is 19.1 Å². The summed E-state index contributed by atoms with van der Waals surface area (Å²) in [6, 6.07) is 0.652. The first-order chi connectivity index (χ1) is 7.78. The van der Waals surface area contributed by atoms with E-state index in [2.05, 4.69) is 58.7 Å². The van der Waals surface area contributed by atoms with Crippen LogP contribution in [0.25, 0.3) is 0 Å². The molecule has 0 bridgehead atoms. The fraction of sp³-hybridized carbons (Fsp3) is 1.00. The molecule has 0 fully saturated rings. The summed E-state index contributed by atoms with van der Waals surface area (Å²) >= 11 is 0. The molecule has 0 amide bonds. The van der Waals surface area contributed by atoms with E-state index in [1.54, 1.807) is 0 Å². The Morgan fingerprint density at radius 1 is 1.12 bits per heavy atom. The normalized spacial score (nSPS) is 13.1. The summed E-state index contributed by atoms with van der Waals surface area (Å²) in [5, 5.41) is 3.58. The van der Waals surface area contributed by atoms with Crippen molar-refractivity contribution < 1.29 is 0 Å². The van der Waals surface area contributed by atoms with Gasteiger partial charge in [0.1, 0.15) is 0 Å². The van der Waals surface area contributed by atoms with Crippen molar-refractivity contribution in [1.82, 2.24) is 10.2 Å². The van der Waals surface area contributed by atoms with E-state index < -0.39 is 0 Å². The maximum absolute atomic E-state index is 3.58. The van der Waals surface area contributed by atoms with Crippen molar-refractivity contribution >= 4 is 0 Å². The third-order valence-corrected chi connectivity index (χ3v) is 3.03. The highest BCUT2D eigenvalue weighted by Crippen LogP contribution is 2.17. The van der Waals surface area contributed by atoms with E-state index in [4.69, 9.17) is 0 Å². The van der Waals surface area contributed by atoms with Crippen LogP contribution in [0.2, 0.25) is 0 Å². The summed E-state index contributed by atoms with van der Waals surface area (Å²) in [6.07, 6.45) is 1.24. The second-order valence-electron chi connectivity index (χ2n) is 6.75. The Balaban J connectivity index is 4.10. The topological polar surface area (TPSA) is 15.3 Å². The van der Waals surface area contributed by atoms with Crippen LogP contribution in [0.3, 0.4) is 0 Å². The van der Waals surface area contributed by atoms with Crippen molar-refractivity contribution in [3.05, 3.63) is 0 Å². The van der Waals surface area contributed by atoms with Crippen LogP contribution in [-0.4, -0.2) is 37.1 Å². The maximum Gasteiger partial charge on any atom is 0.00475 e. The number of nitrogens with zero attached hydrogens (tertiary/aromatic N) is 1. The average Bonchev–Trinajstić information content (AvgIpc) is 2.15. The number of rotatable bonds is 9. The quantitative estimate of drug-likeness (QED) is 0.667. The molecule has 0 rings (SSSR count). The lowest BCUT2D eigenvalue weighted by molar-refractivity contribution is 0.142. The SMILES string of the molecule is CCCN(CC(C)(C)CNCC(C)C)C(C)C. The van der Waals surface area contributed by atoms with Crippen LogP contribution in [0.1, 0.15) is 54.9 Å². The first-order valence-corrected chi connectivity index (χ1v) is 7.23. The van der Waals surface area contributed by atoms with E-state index >= 15 is 0 Å². The van der Waals surface area contributed by atoms with Crippen molar-refractivity contribution in [2.24, 2.45) is 11.3 Å². The molecule has 0 radical (unpaired) electrons. The molecule has 0 unspecified atom stereocenters. The van der Waals surface area contributed by atoms with Crippen LogP contribution in [0, 0.1) is 11.3 Å². The fourth-order valence-corrected chi connectivity index (χ4v) is 2.11. The zero-order valence-corrected chi connectivity index (χ0v) is 13.1. The molecule has 0 saturated heterocycles. The standard InChI is InChI=1S/C15H34N2/c1-8-9-17(14(4)5)12-15(6,7)11-16-10-13(2)3/h13-14,16H,8-12H2,1-7H3. The minimum Gasteiger partial charge on any atom is -0.316 e. The Hall–Kier alpha value is -0.0800. The molecular weight excluding hydrogens is 208 g/mol. The van der Waals surface area contributed by atoms with E-state index in [9.17, 15) is 0 Å². The predicted octanol–water partition coefficient (Wildman–Crippen LogP) is 3.38. The van der Waals surface area contributed by atoms with Gasteiger partial charge in [-0.1, -0.05) is 34.6 Å². The molecular formula is C15H34N2. The fourth-order valence-electron chi connectivity index (χ4n) is 2.11. The van der Waals surface area contributed by atoms with E-state index in [0.29, 0.717) is 11.5 Å². The van der Waals surface area contributed by atoms with Gasteiger partial charge in [0.2, 0.25) is 0 Å². The molecule has 1 N–H and O–H groups in total. The Labute approximate surface area is 109 Å². The van der Waals surface area contributed by atoms with E-state index in [1.807, 2.05) is 0 Å². The molecule has 0 heterocycles. The van der Waals surface area contributed by atoms with Crippen molar-refractivity contribution in [1.29, 1.82) is 0 Å². The lowest BCUT2D eigenvalue weighted by atomic mass is 9.91. The van der Waals surface area contributed by atoms with Gasteiger partial charge in [-0.25, -0.2) is 0 Å². The maximum atomic E-state index is 3.58. The number of nitrogens with one attached hydrogen (secondary N) is 1. The summed E-state index contributed by atoms with van der Waals surface area (Å²) in [5.74, 6) is 0.739. The monoisotopic (exact) mass is 242 g/mol. The Bertz CT molecular complexity index is 185. The Morgan fingerprint density at radius 2 is 1.71 bits per heavy atom. The molecule has 104 valence electrons. The predicted molar refractivity (Wildman–Crippen MR) is 78.5 cm³/mol. The summed E-state index contributed by atoms with van der Waals surface area (Å²) < 4.78 is 0. The molecule has 0 atom stereocenters. The lowest BCUT2D eigenvalue weighted by Gasteiger charge is -2.35. The van der Waals surface area contributed by atoms with Crippen LogP contribution in [0.5, 0.6) is 0 Å². The molecule has 0 aromatic carbocycles. The summed E-state index contributed by atoms with van der Waals surface area (Å²) in [4.78, 5) is 2.59. The highest BCUT2D eigenvalue weighted by molar-refractivity contribution is 4.78. The Kier molecular flexibility index (Phi) is 8.06. The van der Waals surface area contributed by atoms with Crippen LogP contribution in [-0.2, 0) is 0 Å². The largest absolute Gasteiger partial charge is 0.316 e. The van der Waals surface area contributed by atoms with E-state index in [-0.39, 0.29) is 0 Å². The van der Waals surface area contributed by atoms with Gasteiger partial charge in [-0.3, -0.25) is 0 Å². The van der Waals surface area contributed by atoms with E-state index in [0.717, 1.165) is 19.0 Å². The Morgan fingerprint density at radius 3 is 2.12 bits per heavy atom. The summed E-state index contributed by atoms with van der Waals surface area (Å²) in [7, 11) is 0. The van der Waals surface area contributed by atoms with Crippen LogP contribution >= 0.6 is 0 Å². The third-order valence-electron chi connectivity index (χ3n) is 3.03. The molecule has 2 heteroatoms. The molecule has 0 saturated carbocycles. The zero-order chi connectivity index (χ0) is 13.5. The zero-order valence-electron chi connectivity index (χ0n) is 13.1. The van der Waals surface area contributed by atoms with Gasteiger partial charge >= 0.3 is 0 Å². The van der Waals surface area contributed by atoms with Crippen LogP contribution in [0.4, 0.5) is 0 Å². The molecule has 0 aromatic rings. The van der Waals surface area contributed by atoms with Crippen molar-refractivity contribution in [3.8, 4) is 0 Å². The molecule has 0 aliphatic heterocycles. The molecule has 17 heavy (non-hydrogen) atoms. The third kappa shape index (κ3) is 8.62. The van der Waals surface area contributed by atoms with Crippen molar-refractivity contribution in [3.63, 3.8) is 0 Å². The second-order valence-corrected chi connectivity index (χ2v) is 6.75. The minimum atomic E-state index is 0.355. The summed E-state index contributed by atoms with van der Waals surface area (Å²) in [5.41, 5.74) is 0.355. The minimum absolute atomic E-state index is 0.355. The first kappa shape index (κ1) is 16.9. The van der Waals surface area contributed by atoms with Crippen LogP contribution in [0.15, 0.2) is 0 Å². The van der Waals surface area contributed by atoms with Crippen molar-refractivity contribution in [2.45, 2.75) is 60.9 Å². The van der Waals surface area contributed by atoms with E-state index in [1.165, 1.54) is 19.5 Å². The molecule has 0 aliphatic rings. The highest BCUT2D eigenvalue weighted by Gasteiger charge is 2.22. The number of hydrogen-bond donors (Lipinski definition) is 1. The van der Waals surface area contributed by atoms with Gasteiger partial charge in [0.05, 0.1) is 0 Å². The second kappa shape index (κ2) is 8.10. The van der Waals surface area contributed by atoms with Gasteiger partial charge in [-0.2, -0.15) is 0 Å². The number of hydrogen-bond acceptors (Lipinski definition) is 2. The van der Waals surface area contributed by atoms with Gasteiger partial charge in [0.25, 0.3) is 0 Å². The lowest BCUT2D eigenvalue weighted by Crippen LogP contribution is -2.44. The smallest absolute Gasteiger partial charge is 0.00475 e. The molecule has 2 nitrogen and oxygen atoms in total. The molecule has 0 aromatic heterocycles. The van der Waals surface area contributed by atoms with Gasteiger partial charge < -0.3 is 10.2 Å². The van der Waals surface area contributed by atoms with Crippen LogP contribution < -0.4 is 5.32 Å². The van der Waals surface area contributed by atoms with Gasteiger partial charge in [-0.15, -0.1) is 0 Å².